The van der Waals surface area contributed by atoms with Crippen LogP contribution >= 0.6 is 11.6 Å². The summed E-state index contributed by atoms with van der Waals surface area (Å²) in [4.78, 5) is 10.5. The van der Waals surface area contributed by atoms with E-state index in [-0.39, 0.29) is 5.92 Å². The van der Waals surface area contributed by atoms with Crippen LogP contribution in [-0.4, -0.2) is 17.6 Å². The highest BCUT2D eigenvalue weighted by molar-refractivity contribution is 6.31. The summed E-state index contributed by atoms with van der Waals surface area (Å²) in [5.74, 6) is -1.17. The van der Waals surface area contributed by atoms with Crippen molar-refractivity contribution in [1.29, 1.82) is 0 Å². The van der Waals surface area contributed by atoms with Crippen LogP contribution in [0.4, 0.5) is 0 Å². The van der Waals surface area contributed by atoms with Crippen molar-refractivity contribution in [2.45, 2.75) is 13.5 Å². The molecular weight excluding hydrogens is 214 g/mol. The molecule has 1 atom stereocenters. The van der Waals surface area contributed by atoms with E-state index in [1.165, 1.54) is 0 Å². The van der Waals surface area contributed by atoms with Crippen molar-refractivity contribution in [3.8, 4) is 0 Å². The van der Waals surface area contributed by atoms with Gasteiger partial charge in [-0.05, 0) is 11.6 Å². The molecule has 0 aliphatic heterocycles. The molecule has 0 aliphatic carbocycles. The zero-order valence-corrected chi connectivity index (χ0v) is 9.29. The van der Waals surface area contributed by atoms with Gasteiger partial charge in [-0.25, -0.2) is 0 Å². The fourth-order valence-corrected chi connectivity index (χ4v) is 1.35. The molecular formula is C11H14ClNO2. The van der Waals surface area contributed by atoms with Crippen molar-refractivity contribution in [1.82, 2.24) is 5.32 Å². The molecule has 0 amide bonds. The fourth-order valence-electron chi connectivity index (χ4n) is 1.15. The van der Waals surface area contributed by atoms with Crippen LogP contribution in [0, 0.1) is 5.92 Å². The quantitative estimate of drug-likeness (QED) is 0.811. The maximum absolute atomic E-state index is 10.5. The van der Waals surface area contributed by atoms with E-state index >= 15 is 0 Å². The summed E-state index contributed by atoms with van der Waals surface area (Å²) in [7, 11) is 0. The summed E-state index contributed by atoms with van der Waals surface area (Å²) in [6.45, 7) is 2.71. The normalized spacial score (nSPS) is 12.4. The zero-order valence-electron chi connectivity index (χ0n) is 8.53. The van der Waals surface area contributed by atoms with Gasteiger partial charge in [-0.2, -0.15) is 0 Å². The number of benzene rings is 1. The number of nitrogens with one attached hydrogen (secondary N) is 1. The monoisotopic (exact) mass is 227 g/mol. The van der Waals surface area contributed by atoms with Crippen LogP contribution in [-0.2, 0) is 11.3 Å². The van der Waals surface area contributed by atoms with E-state index in [0.717, 1.165) is 5.56 Å². The van der Waals surface area contributed by atoms with E-state index in [0.29, 0.717) is 18.1 Å². The SMILES string of the molecule is CC(CNCc1ccccc1Cl)C(=O)O. The lowest BCUT2D eigenvalue weighted by Crippen LogP contribution is -2.25. The number of hydrogen-bond acceptors (Lipinski definition) is 2. The van der Waals surface area contributed by atoms with Crippen LogP contribution in [0.25, 0.3) is 0 Å². The van der Waals surface area contributed by atoms with E-state index in [2.05, 4.69) is 5.32 Å². The van der Waals surface area contributed by atoms with Gasteiger partial charge in [0, 0.05) is 18.1 Å². The van der Waals surface area contributed by atoms with Crippen LogP contribution in [0.3, 0.4) is 0 Å². The maximum atomic E-state index is 10.5. The molecule has 15 heavy (non-hydrogen) atoms. The first-order chi connectivity index (χ1) is 7.11. The molecule has 0 saturated carbocycles. The predicted octanol–water partition coefficient (Wildman–Crippen LogP) is 2.15. The largest absolute Gasteiger partial charge is 0.481 e. The Morgan fingerprint density at radius 1 is 1.53 bits per heavy atom. The predicted molar refractivity (Wildman–Crippen MR) is 60.0 cm³/mol. The number of carboxylic acid groups (broad SMARTS) is 1. The molecule has 2 N–H and O–H groups in total. The standard InChI is InChI=1S/C11H14ClNO2/c1-8(11(14)15)6-13-7-9-4-2-3-5-10(9)12/h2-5,8,13H,6-7H2,1H3,(H,14,15). The Hall–Kier alpha value is -1.06. The number of rotatable bonds is 5. The molecule has 0 aromatic heterocycles. The van der Waals surface area contributed by atoms with Crippen LogP contribution in [0.1, 0.15) is 12.5 Å². The molecule has 1 rings (SSSR count). The van der Waals surface area contributed by atoms with Gasteiger partial charge >= 0.3 is 5.97 Å². The lowest BCUT2D eigenvalue weighted by atomic mass is 10.1. The Morgan fingerprint density at radius 3 is 2.80 bits per heavy atom. The van der Waals surface area contributed by atoms with Crippen molar-refractivity contribution in [3.63, 3.8) is 0 Å². The summed E-state index contributed by atoms with van der Waals surface area (Å²) in [5, 5.41) is 12.4. The molecule has 0 fully saturated rings. The Morgan fingerprint density at radius 2 is 2.20 bits per heavy atom. The fraction of sp³-hybridized carbons (Fsp3) is 0.364. The number of hydrogen-bond donors (Lipinski definition) is 2. The molecule has 0 bridgehead atoms. The molecule has 4 heteroatoms. The molecule has 0 heterocycles. The molecule has 1 aromatic carbocycles. The summed E-state index contributed by atoms with van der Waals surface area (Å²) < 4.78 is 0. The first-order valence-electron chi connectivity index (χ1n) is 4.78. The molecule has 1 aromatic rings. The maximum Gasteiger partial charge on any atom is 0.307 e. The molecule has 0 spiro atoms. The molecule has 1 unspecified atom stereocenters. The second-order valence-electron chi connectivity index (χ2n) is 3.46. The average molecular weight is 228 g/mol. The summed E-state index contributed by atoms with van der Waals surface area (Å²) >= 11 is 5.95. The third-order valence-corrected chi connectivity index (χ3v) is 2.51. The molecule has 3 nitrogen and oxygen atoms in total. The minimum absolute atomic E-state index is 0.382. The lowest BCUT2D eigenvalue weighted by molar-refractivity contribution is -0.140. The molecule has 0 radical (unpaired) electrons. The Bertz CT molecular complexity index is 341. The number of carboxylic acids is 1. The van der Waals surface area contributed by atoms with Gasteiger partial charge < -0.3 is 10.4 Å². The van der Waals surface area contributed by atoms with Crippen molar-refractivity contribution < 1.29 is 9.90 Å². The van der Waals surface area contributed by atoms with Gasteiger partial charge in [-0.15, -0.1) is 0 Å². The summed E-state index contributed by atoms with van der Waals surface area (Å²) in [6.07, 6.45) is 0. The Labute approximate surface area is 94.1 Å². The third kappa shape index (κ3) is 3.90. The summed E-state index contributed by atoms with van der Waals surface area (Å²) in [6, 6.07) is 7.51. The Balaban J connectivity index is 2.38. The summed E-state index contributed by atoms with van der Waals surface area (Å²) in [5.41, 5.74) is 0.983. The third-order valence-electron chi connectivity index (χ3n) is 2.15. The van der Waals surface area contributed by atoms with E-state index in [1.54, 1.807) is 6.92 Å². The van der Waals surface area contributed by atoms with Gasteiger partial charge in [0.05, 0.1) is 5.92 Å². The van der Waals surface area contributed by atoms with E-state index in [1.807, 2.05) is 24.3 Å². The lowest BCUT2D eigenvalue weighted by Gasteiger charge is -2.09. The van der Waals surface area contributed by atoms with Gasteiger partial charge in [-0.1, -0.05) is 36.7 Å². The van der Waals surface area contributed by atoms with Gasteiger partial charge in [-0.3, -0.25) is 4.79 Å². The van der Waals surface area contributed by atoms with Crippen LogP contribution < -0.4 is 5.32 Å². The highest BCUT2D eigenvalue weighted by Crippen LogP contribution is 2.14. The van der Waals surface area contributed by atoms with E-state index in [4.69, 9.17) is 16.7 Å². The van der Waals surface area contributed by atoms with Crippen molar-refractivity contribution in [2.75, 3.05) is 6.54 Å². The minimum atomic E-state index is -0.790. The van der Waals surface area contributed by atoms with Crippen molar-refractivity contribution in [3.05, 3.63) is 34.9 Å². The van der Waals surface area contributed by atoms with E-state index < -0.39 is 5.97 Å². The van der Waals surface area contributed by atoms with Crippen LogP contribution in [0.15, 0.2) is 24.3 Å². The number of carbonyl (C=O) groups is 1. The molecule has 0 saturated heterocycles. The van der Waals surface area contributed by atoms with Gasteiger partial charge in [0.2, 0.25) is 0 Å². The van der Waals surface area contributed by atoms with E-state index in [9.17, 15) is 4.79 Å². The van der Waals surface area contributed by atoms with Crippen molar-refractivity contribution >= 4 is 17.6 Å². The van der Waals surface area contributed by atoms with Gasteiger partial charge in [0.1, 0.15) is 0 Å². The highest BCUT2D eigenvalue weighted by atomic mass is 35.5. The first-order valence-corrected chi connectivity index (χ1v) is 5.16. The average Bonchev–Trinajstić information content (AvgIpc) is 2.20. The molecule has 0 aliphatic rings. The van der Waals surface area contributed by atoms with Crippen molar-refractivity contribution in [2.24, 2.45) is 5.92 Å². The second-order valence-corrected chi connectivity index (χ2v) is 3.87. The van der Waals surface area contributed by atoms with Gasteiger partial charge in [0.25, 0.3) is 0 Å². The number of aliphatic carboxylic acids is 1. The zero-order chi connectivity index (χ0) is 11.3. The molecule has 82 valence electrons. The van der Waals surface area contributed by atoms with Crippen LogP contribution in [0.2, 0.25) is 5.02 Å². The van der Waals surface area contributed by atoms with Crippen LogP contribution in [0.5, 0.6) is 0 Å². The minimum Gasteiger partial charge on any atom is -0.481 e. The van der Waals surface area contributed by atoms with Gasteiger partial charge in [0.15, 0.2) is 0 Å². The second kappa shape index (κ2) is 5.73. The number of halogens is 1. The topological polar surface area (TPSA) is 49.3 Å². The highest BCUT2D eigenvalue weighted by Gasteiger charge is 2.09. The first kappa shape index (κ1) is 12.0. The smallest absolute Gasteiger partial charge is 0.307 e. The Kier molecular flexibility index (Phi) is 4.59.